The Hall–Kier alpha value is -0.770. The highest BCUT2D eigenvalue weighted by Gasteiger charge is 2.32. The Balaban J connectivity index is 2.06. The van der Waals surface area contributed by atoms with E-state index in [0.29, 0.717) is 22.7 Å². The maximum atomic E-state index is 11.4. The number of hydrogen-bond acceptors (Lipinski definition) is 4. The lowest BCUT2D eigenvalue weighted by molar-refractivity contribution is -0.120. The predicted molar refractivity (Wildman–Crippen MR) is 59.0 cm³/mol. The molecule has 0 radical (unpaired) electrons. The Bertz CT molecular complexity index is 366. The summed E-state index contributed by atoms with van der Waals surface area (Å²) in [6, 6.07) is 0. The quantitative estimate of drug-likeness (QED) is 0.776. The van der Waals surface area contributed by atoms with E-state index in [4.69, 9.17) is 4.42 Å². The van der Waals surface area contributed by atoms with Crippen LogP contribution in [0.4, 0.5) is 0 Å². The van der Waals surface area contributed by atoms with E-state index in [-0.39, 0.29) is 5.92 Å². The normalized spacial score (nSPS) is 26.2. The number of aryl methyl sites for hydroxylation is 2. The molecule has 0 aromatic carbocycles. The van der Waals surface area contributed by atoms with Crippen LogP contribution in [-0.2, 0) is 4.79 Å². The highest BCUT2D eigenvalue weighted by molar-refractivity contribution is 7.99. The van der Waals surface area contributed by atoms with E-state index < -0.39 is 0 Å². The molecular weight excluding hydrogens is 210 g/mol. The minimum Gasteiger partial charge on any atom is -0.437 e. The molecule has 1 aromatic heterocycles. The number of Topliss-reactive ketones (excluding diaryl/α,β-unsaturated/α-hetero) is 1. The second-order valence-corrected chi connectivity index (χ2v) is 5.26. The number of oxazole rings is 1. The molecule has 1 aromatic rings. The first kappa shape index (κ1) is 10.7. The standard InChI is InChI=1S/C11H15NO2S/c1-6-9(13)4-5-10(6)15-11-12-7(2)8(3)14-11/h6,10H,4-5H2,1-3H3. The van der Waals surface area contributed by atoms with Gasteiger partial charge >= 0.3 is 0 Å². The zero-order chi connectivity index (χ0) is 11.0. The number of ketones is 1. The first-order chi connectivity index (χ1) is 7.08. The maximum Gasteiger partial charge on any atom is 0.256 e. The van der Waals surface area contributed by atoms with Crippen molar-refractivity contribution in [2.45, 2.75) is 44.1 Å². The average Bonchev–Trinajstić information content (AvgIpc) is 2.65. The lowest BCUT2D eigenvalue weighted by Gasteiger charge is -2.09. The first-order valence-corrected chi connectivity index (χ1v) is 6.09. The average molecular weight is 225 g/mol. The fraction of sp³-hybridized carbons (Fsp3) is 0.636. The Morgan fingerprint density at radius 1 is 1.47 bits per heavy atom. The second-order valence-electron chi connectivity index (χ2n) is 4.07. The van der Waals surface area contributed by atoms with E-state index in [9.17, 15) is 4.79 Å². The van der Waals surface area contributed by atoms with Gasteiger partial charge in [-0.3, -0.25) is 4.79 Å². The molecule has 0 spiro atoms. The monoisotopic (exact) mass is 225 g/mol. The summed E-state index contributed by atoms with van der Waals surface area (Å²) in [6.07, 6.45) is 1.66. The summed E-state index contributed by atoms with van der Waals surface area (Å²) in [5.41, 5.74) is 0.939. The number of thioether (sulfide) groups is 1. The van der Waals surface area contributed by atoms with Crippen molar-refractivity contribution in [1.82, 2.24) is 4.98 Å². The van der Waals surface area contributed by atoms with Crippen LogP contribution in [0.2, 0.25) is 0 Å². The summed E-state index contributed by atoms with van der Waals surface area (Å²) in [5, 5.41) is 1.05. The molecule has 4 heteroatoms. The van der Waals surface area contributed by atoms with Gasteiger partial charge in [0, 0.05) is 17.6 Å². The summed E-state index contributed by atoms with van der Waals surface area (Å²) >= 11 is 1.60. The lowest BCUT2D eigenvalue weighted by atomic mass is 10.1. The van der Waals surface area contributed by atoms with E-state index in [1.54, 1.807) is 11.8 Å². The summed E-state index contributed by atoms with van der Waals surface area (Å²) in [4.78, 5) is 15.7. The van der Waals surface area contributed by atoms with Gasteiger partial charge in [0.1, 0.15) is 11.5 Å². The van der Waals surface area contributed by atoms with E-state index in [0.717, 1.165) is 17.9 Å². The number of aromatic nitrogens is 1. The number of nitrogens with zero attached hydrogens (tertiary/aromatic N) is 1. The van der Waals surface area contributed by atoms with E-state index in [1.165, 1.54) is 0 Å². The van der Waals surface area contributed by atoms with Gasteiger partial charge in [-0.15, -0.1) is 0 Å². The molecule has 1 saturated carbocycles. The Morgan fingerprint density at radius 2 is 2.20 bits per heavy atom. The lowest BCUT2D eigenvalue weighted by Crippen LogP contribution is -2.11. The summed E-state index contributed by atoms with van der Waals surface area (Å²) in [5.74, 6) is 1.38. The zero-order valence-electron chi connectivity index (χ0n) is 9.24. The molecule has 0 bridgehead atoms. The Labute approximate surface area is 93.6 Å². The number of hydrogen-bond donors (Lipinski definition) is 0. The third-order valence-corrected chi connectivity index (χ3v) is 4.32. The molecule has 2 unspecified atom stereocenters. The van der Waals surface area contributed by atoms with E-state index in [1.807, 2.05) is 20.8 Å². The van der Waals surface area contributed by atoms with Gasteiger partial charge in [0.15, 0.2) is 0 Å². The molecule has 0 aliphatic heterocycles. The second kappa shape index (κ2) is 4.00. The Morgan fingerprint density at radius 3 is 2.67 bits per heavy atom. The van der Waals surface area contributed by atoms with Crippen molar-refractivity contribution < 1.29 is 9.21 Å². The van der Waals surface area contributed by atoms with Crippen molar-refractivity contribution in [3.63, 3.8) is 0 Å². The molecule has 1 aliphatic rings. The minimum absolute atomic E-state index is 0.141. The number of carbonyl (C=O) groups is 1. The van der Waals surface area contributed by atoms with Crippen LogP contribution in [0.5, 0.6) is 0 Å². The highest BCUT2D eigenvalue weighted by atomic mass is 32.2. The molecule has 2 rings (SSSR count). The molecule has 15 heavy (non-hydrogen) atoms. The van der Waals surface area contributed by atoms with Crippen LogP contribution in [0.15, 0.2) is 9.64 Å². The molecule has 1 heterocycles. The van der Waals surface area contributed by atoms with Crippen LogP contribution in [0, 0.1) is 19.8 Å². The molecule has 3 nitrogen and oxygen atoms in total. The van der Waals surface area contributed by atoms with Crippen molar-refractivity contribution in [2.24, 2.45) is 5.92 Å². The van der Waals surface area contributed by atoms with Crippen LogP contribution in [-0.4, -0.2) is 16.0 Å². The van der Waals surface area contributed by atoms with Crippen LogP contribution in [0.3, 0.4) is 0 Å². The van der Waals surface area contributed by atoms with Gasteiger partial charge in [0.2, 0.25) is 0 Å². The van der Waals surface area contributed by atoms with Gasteiger partial charge in [-0.1, -0.05) is 18.7 Å². The third-order valence-electron chi connectivity index (χ3n) is 3.00. The summed E-state index contributed by atoms with van der Waals surface area (Å²) < 4.78 is 5.50. The van der Waals surface area contributed by atoms with E-state index in [2.05, 4.69) is 4.98 Å². The fourth-order valence-electron chi connectivity index (χ4n) is 1.75. The maximum absolute atomic E-state index is 11.4. The molecule has 0 N–H and O–H groups in total. The molecule has 2 atom stereocenters. The topological polar surface area (TPSA) is 43.1 Å². The smallest absolute Gasteiger partial charge is 0.256 e. The highest BCUT2D eigenvalue weighted by Crippen LogP contribution is 2.36. The SMILES string of the molecule is Cc1nc(SC2CCC(=O)C2C)oc1C. The van der Waals surface area contributed by atoms with Crippen molar-refractivity contribution in [3.8, 4) is 0 Å². The summed E-state index contributed by atoms with van der Waals surface area (Å²) in [7, 11) is 0. The largest absolute Gasteiger partial charge is 0.437 e. The fourth-order valence-corrected chi connectivity index (χ4v) is 2.97. The van der Waals surface area contributed by atoms with Crippen LogP contribution >= 0.6 is 11.8 Å². The summed E-state index contributed by atoms with van der Waals surface area (Å²) in [6.45, 7) is 5.84. The Kier molecular flexibility index (Phi) is 2.87. The van der Waals surface area contributed by atoms with Crippen molar-refractivity contribution >= 4 is 17.5 Å². The van der Waals surface area contributed by atoms with Gasteiger partial charge in [-0.25, -0.2) is 4.98 Å². The van der Waals surface area contributed by atoms with Gasteiger partial charge in [0.05, 0.1) is 5.69 Å². The first-order valence-electron chi connectivity index (χ1n) is 5.21. The van der Waals surface area contributed by atoms with Crippen LogP contribution in [0.25, 0.3) is 0 Å². The van der Waals surface area contributed by atoms with Gasteiger partial charge in [-0.2, -0.15) is 0 Å². The van der Waals surface area contributed by atoms with Gasteiger partial charge in [-0.05, 0) is 20.3 Å². The van der Waals surface area contributed by atoms with Gasteiger partial charge < -0.3 is 4.42 Å². The van der Waals surface area contributed by atoms with Crippen molar-refractivity contribution in [1.29, 1.82) is 0 Å². The van der Waals surface area contributed by atoms with Gasteiger partial charge in [0.25, 0.3) is 5.22 Å². The van der Waals surface area contributed by atoms with Crippen LogP contribution in [0.1, 0.15) is 31.2 Å². The molecule has 1 fully saturated rings. The molecule has 0 amide bonds. The molecule has 1 aliphatic carbocycles. The van der Waals surface area contributed by atoms with Crippen molar-refractivity contribution in [3.05, 3.63) is 11.5 Å². The number of carbonyl (C=O) groups excluding carboxylic acids is 1. The molecule has 0 saturated heterocycles. The molecule has 82 valence electrons. The van der Waals surface area contributed by atoms with Crippen molar-refractivity contribution in [2.75, 3.05) is 0 Å². The van der Waals surface area contributed by atoms with Crippen LogP contribution < -0.4 is 0 Å². The third kappa shape index (κ3) is 2.09. The molecular formula is C11H15NO2S. The minimum atomic E-state index is 0.141. The zero-order valence-corrected chi connectivity index (χ0v) is 10.1. The number of rotatable bonds is 2. The van der Waals surface area contributed by atoms with E-state index >= 15 is 0 Å². The predicted octanol–water partition coefficient (Wildman–Crippen LogP) is 2.75.